The second-order valence-corrected chi connectivity index (χ2v) is 6.23. The molecule has 0 saturated heterocycles. The van der Waals surface area contributed by atoms with E-state index in [-0.39, 0.29) is 6.61 Å². The van der Waals surface area contributed by atoms with Gasteiger partial charge in [-0.1, -0.05) is 17.8 Å². The van der Waals surface area contributed by atoms with Crippen molar-refractivity contribution in [2.24, 2.45) is 7.05 Å². The Morgan fingerprint density at radius 1 is 1.29 bits per heavy atom. The van der Waals surface area contributed by atoms with Gasteiger partial charge in [0.1, 0.15) is 7.05 Å². The third kappa shape index (κ3) is 2.82. The first-order valence-electron chi connectivity index (χ1n) is 7.02. The molecule has 2 aromatic rings. The molecule has 0 atom stereocenters. The van der Waals surface area contributed by atoms with E-state index in [9.17, 15) is 5.11 Å². The van der Waals surface area contributed by atoms with Gasteiger partial charge in [-0.3, -0.25) is 0 Å². The molecule has 21 heavy (non-hydrogen) atoms. The number of aryl methyl sites for hydroxylation is 2. The monoisotopic (exact) mass is 299 g/mol. The molecule has 3 nitrogen and oxygen atoms in total. The largest absolute Gasteiger partial charge is 0.395 e. The zero-order valence-corrected chi connectivity index (χ0v) is 13.1. The fourth-order valence-electron chi connectivity index (χ4n) is 2.46. The number of aromatic nitrogens is 1. The number of rotatable bonds is 3. The van der Waals surface area contributed by atoms with Crippen LogP contribution in [-0.4, -0.2) is 18.3 Å². The van der Waals surface area contributed by atoms with Crippen LogP contribution in [0, 0.1) is 6.92 Å². The average Bonchev–Trinajstić information content (AvgIpc) is 2.79. The van der Waals surface area contributed by atoms with E-state index in [0.717, 1.165) is 10.7 Å². The van der Waals surface area contributed by atoms with Crippen LogP contribution < -0.4 is 9.47 Å². The predicted octanol–water partition coefficient (Wildman–Crippen LogP) is 2.72. The first-order chi connectivity index (χ1) is 10.2. The van der Waals surface area contributed by atoms with Crippen molar-refractivity contribution in [3.8, 4) is 0 Å². The highest BCUT2D eigenvalue weighted by atomic mass is 32.2. The molecule has 1 N–H and O–H groups in total. The minimum Gasteiger partial charge on any atom is -0.395 e. The molecule has 3 rings (SSSR count). The number of hydrogen-bond donors (Lipinski definition) is 1. The first kappa shape index (κ1) is 14.2. The molecular weight excluding hydrogens is 280 g/mol. The van der Waals surface area contributed by atoms with Crippen LogP contribution in [0.2, 0.25) is 0 Å². The maximum Gasteiger partial charge on any atom is 0.207 e. The van der Waals surface area contributed by atoms with E-state index < -0.39 is 0 Å². The highest BCUT2D eigenvalue weighted by Gasteiger charge is 2.25. The topological polar surface area (TPSA) is 27.3 Å². The van der Waals surface area contributed by atoms with Crippen LogP contribution in [0.15, 0.2) is 52.5 Å². The number of pyridine rings is 1. The molecule has 0 spiro atoms. The number of nitrogens with zero attached hydrogens (tertiary/aromatic N) is 2. The molecule has 4 heteroatoms. The summed E-state index contributed by atoms with van der Waals surface area (Å²) < 4.78 is 2.10. The summed E-state index contributed by atoms with van der Waals surface area (Å²) in [5, 5.41) is 10.5. The van der Waals surface area contributed by atoms with E-state index >= 15 is 0 Å². The van der Waals surface area contributed by atoms with Crippen molar-refractivity contribution in [2.45, 2.75) is 11.8 Å². The molecule has 1 aromatic heterocycles. The summed E-state index contributed by atoms with van der Waals surface area (Å²) >= 11 is 1.76. The summed E-state index contributed by atoms with van der Waals surface area (Å²) in [5.41, 5.74) is 3.58. The molecule has 0 amide bonds. The quantitative estimate of drug-likeness (QED) is 0.883. The van der Waals surface area contributed by atoms with Crippen LogP contribution >= 0.6 is 11.8 Å². The van der Waals surface area contributed by atoms with Crippen molar-refractivity contribution >= 4 is 23.5 Å². The Morgan fingerprint density at radius 2 is 2.14 bits per heavy atom. The molecule has 0 radical (unpaired) electrons. The maximum atomic E-state index is 9.38. The van der Waals surface area contributed by atoms with E-state index in [1.165, 1.54) is 16.1 Å². The second-order valence-electron chi connectivity index (χ2n) is 5.17. The van der Waals surface area contributed by atoms with E-state index in [1.54, 1.807) is 11.8 Å². The summed E-state index contributed by atoms with van der Waals surface area (Å²) in [5.74, 6) is 0. The standard InChI is InChI=1S/C17H19N2OS/c1-13-6-7-16-15(11-13)19(9-10-20)17(21-16)12-14-5-3-4-8-18(14)2/h3-8,11-12,20H,9-10H2,1-2H3/q+1. The number of benzene rings is 1. The summed E-state index contributed by atoms with van der Waals surface area (Å²) in [6.45, 7) is 2.86. The van der Waals surface area contributed by atoms with Gasteiger partial charge in [0, 0.05) is 29.6 Å². The van der Waals surface area contributed by atoms with E-state index in [2.05, 4.69) is 46.7 Å². The lowest BCUT2D eigenvalue weighted by molar-refractivity contribution is -0.673. The van der Waals surface area contributed by atoms with Crippen molar-refractivity contribution in [2.75, 3.05) is 18.1 Å². The molecule has 1 aliphatic rings. The van der Waals surface area contributed by atoms with Crippen molar-refractivity contribution < 1.29 is 9.67 Å². The first-order valence-corrected chi connectivity index (χ1v) is 7.84. The van der Waals surface area contributed by atoms with E-state index in [4.69, 9.17) is 0 Å². The minimum absolute atomic E-state index is 0.145. The Bertz CT molecular complexity index is 697. The summed E-state index contributed by atoms with van der Waals surface area (Å²) in [6, 6.07) is 12.6. The van der Waals surface area contributed by atoms with E-state index in [0.29, 0.717) is 6.54 Å². The zero-order valence-electron chi connectivity index (χ0n) is 12.3. The molecule has 0 saturated carbocycles. The SMILES string of the molecule is Cc1ccc2c(c1)N(CCO)/C(=C/c1cccc[n+]1C)S2. The van der Waals surface area contributed by atoms with Gasteiger partial charge >= 0.3 is 0 Å². The van der Waals surface area contributed by atoms with Crippen molar-refractivity contribution in [3.63, 3.8) is 0 Å². The lowest BCUT2D eigenvalue weighted by Gasteiger charge is -2.19. The summed E-state index contributed by atoms with van der Waals surface area (Å²) in [4.78, 5) is 3.44. The van der Waals surface area contributed by atoms with Crippen molar-refractivity contribution in [1.82, 2.24) is 0 Å². The van der Waals surface area contributed by atoms with Crippen LogP contribution in [0.5, 0.6) is 0 Å². The molecule has 1 aromatic carbocycles. The summed E-state index contributed by atoms with van der Waals surface area (Å²) in [7, 11) is 2.04. The third-order valence-electron chi connectivity index (χ3n) is 3.58. The van der Waals surface area contributed by atoms with Gasteiger partial charge in [-0.25, -0.2) is 4.57 Å². The van der Waals surface area contributed by atoms with Gasteiger partial charge in [-0.2, -0.15) is 0 Å². The van der Waals surface area contributed by atoms with E-state index in [1.807, 2.05) is 25.4 Å². The van der Waals surface area contributed by atoms with Crippen LogP contribution in [0.4, 0.5) is 5.69 Å². The number of anilines is 1. The van der Waals surface area contributed by atoms with Crippen LogP contribution in [0.25, 0.3) is 6.08 Å². The van der Waals surface area contributed by atoms with Gasteiger partial charge in [0.2, 0.25) is 5.69 Å². The van der Waals surface area contributed by atoms with Gasteiger partial charge in [-0.15, -0.1) is 0 Å². The average molecular weight is 299 g/mol. The molecule has 0 unspecified atom stereocenters. The highest BCUT2D eigenvalue weighted by molar-refractivity contribution is 8.03. The third-order valence-corrected chi connectivity index (χ3v) is 4.69. The van der Waals surface area contributed by atoms with Gasteiger partial charge in [-0.05, 0) is 30.7 Å². The molecule has 108 valence electrons. The Labute approximate surface area is 129 Å². The van der Waals surface area contributed by atoms with Crippen LogP contribution in [0.1, 0.15) is 11.3 Å². The van der Waals surface area contributed by atoms with Gasteiger partial charge in [0.05, 0.1) is 17.3 Å². The zero-order chi connectivity index (χ0) is 14.8. The molecule has 1 aliphatic heterocycles. The number of fused-ring (bicyclic) bond motifs is 1. The van der Waals surface area contributed by atoms with Crippen LogP contribution in [0.3, 0.4) is 0 Å². The Morgan fingerprint density at radius 3 is 2.90 bits per heavy atom. The van der Waals surface area contributed by atoms with Crippen molar-refractivity contribution in [1.29, 1.82) is 0 Å². The maximum absolute atomic E-state index is 9.38. The van der Waals surface area contributed by atoms with Crippen LogP contribution in [-0.2, 0) is 7.05 Å². The highest BCUT2D eigenvalue weighted by Crippen LogP contribution is 2.46. The van der Waals surface area contributed by atoms with Gasteiger partial charge < -0.3 is 10.0 Å². The Kier molecular flexibility index (Phi) is 3.99. The fourth-order valence-corrected chi connectivity index (χ4v) is 3.58. The molecular formula is C17H19N2OS+. The number of thioether (sulfide) groups is 1. The number of aliphatic hydroxyl groups excluding tert-OH is 1. The molecule has 0 bridgehead atoms. The molecule has 2 heterocycles. The lowest BCUT2D eigenvalue weighted by atomic mass is 10.2. The number of hydrogen-bond acceptors (Lipinski definition) is 3. The minimum atomic E-state index is 0.145. The normalized spacial score (nSPS) is 15.6. The molecule has 0 aliphatic carbocycles. The predicted molar refractivity (Wildman–Crippen MR) is 87.1 cm³/mol. The van der Waals surface area contributed by atoms with Gasteiger partial charge in [0.15, 0.2) is 6.20 Å². The van der Waals surface area contributed by atoms with Gasteiger partial charge in [0.25, 0.3) is 0 Å². The second kappa shape index (κ2) is 5.92. The fraction of sp³-hybridized carbons (Fsp3) is 0.235. The number of aliphatic hydroxyl groups is 1. The Hall–Kier alpha value is -1.78. The Balaban J connectivity index is 2.02. The number of β-amino-alcohol motifs (C(OH)–C–C–N with tert-alkyl or cyclic N) is 1. The molecule has 0 fully saturated rings. The lowest BCUT2D eigenvalue weighted by Crippen LogP contribution is -2.31. The van der Waals surface area contributed by atoms with Crippen molar-refractivity contribution in [3.05, 3.63) is 58.9 Å². The summed E-state index contributed by atoms with van der Waals surface area (Å²) in [6.07, 6.45) is 4.22. The smallest absolute Gasteiger partial charge is 0.207 e.